The number of carbonyl (C=O) groups is 3. The molecule has 4 aliphatic rings. The van der Waals surface area contributed by atoms with Gasteiger partial charge in [0.05, 0.1) is 6.10 Å². The van der Waals surface area contributed by atoms with Crippen LogP contribution in [-0.4, -0.2) is 46.1 Å². The number of aliphatic hydroxyl groups is 2. The summed E-state index contributed by atoms with van der Waals surface area (Å²) >= 11 is 0. The first kappa shape index (κ1) is 21.4. The molecule has 3 fully saturated rings. The predicted molar refractivity (Wildman–Crippen MR) is 109 cm³/mol. The Morgan fingerprint density at radius 2 is 1.93 bits per heavy atom. The zero-order chi connectivity index (χ0) is 22.1. The van der Waals surface area contributed by atoms with Gasteiger partial charge < -0.3 is 14.9 Å². The third-order valence-corrected chi connectivity index (χ3v) is 9.05. The highest BCUT2D eigenvalue weighted by Crippen LogP contribution is 2.67. The number of esters is 1. The minimum absolute atomic E-state index is 0.0138. The van der Waals surface area contributed by atoms with E-state index in [0.29, 0.717) is 19.3 Å². The lowest BCUT2D eigenvalue weighted by Crippen LogP contribution is -2.62. The molecule has 30 heavy (non-hydrogen) atoms. The lowest BCUT2D eigenvalue weighted by Gasteiger charge is -2.60. The molecule has 0 spiro atoms. The van der Waals surface area contributed by atoms with E-state index in [4.69, 9.17) is 4.74 Å². The number of Topliss-reactive ketones (excluding diaryl/α,β-unsaturated/α-hetero) is 1. The summed E-state index contributed by atoms with van der Waals surface area (Å²) in [5.41, 5.74) is -0.675. The molecule has 6 nitrogen and oxygen atoms in total. The Labute approximate surface area is 177 Å². The van der Waals surface area contributed by atoms with Crippen LogP contribution in [0.1, 0.15) is 59.8 Å². The van der Waals surface area contributed by atoms with Gasteiger partial charge in [-0.3, -0.25) is 14.4 Å². The fourth-order valence-electron chi connectivity index (χ4n) is 7.43. The zero-order valence-electron chi connectivity index (χ0n) is 18.2. The second kappa shape index (κ2) is 6.86. The molecule has 0 saturated heterocycles. The number of carbonyl (C=O) groups excluding carboxylic acids is 3. The van der Waals surface area contributed by atoms with Crippen molar-refractivity contribution in [2.45, 2.75) is 71.5 Å². The van der Waals surface area contributed by atoms with Gasteiger partial charge in [-0.25, -0.2) is 0 Å². The maximum atomic E-state index is 12.9. The van der Waals surface area contributed by atoms with Crippen molar-refractivity contribution in [2.24, 2.45) is 28.6 Å². The van der Waals surface area contributed by atoms with Crippen molar-refractivity contribution in [2.75, 3.05) is 6.61 Å². The molecule has 7 unspecified atom stereocenters. The quantitative estimate of drug-likeness (QED) is 0.686. The first-order chi connectivity index (χ1) is 13.9. The summed E-state index contributed by atoms with van der Waals surface area (Å²) in [5.74, 6) is -0.834. The highest BCUT2D eigenvalue weighted by molar-refractivity contribution is 6.02. The molecule has 0 bridgehead atoms. The molecule has 4 rings (SSSR count). The van der Waals surface area contributed by atoms with Crippen molar-refractivity contribution in [3.8, 4) is 0 Å². The molecule has 164 valence electrons. The van der Waals surface area contributed by atoms with E-state index in [1.165, 1.54) is 6.92 Å². The zero-order valence-corrected chi connectivity index (χ0v) is 18.2. The lowest BCUT2D eigenvalue weighted by atomic mass is 9.45. The molecule has 0 aromatic rings. The fourth-order valence-corrected chi connectivity index (χ4v) is 7.43. The fraction of sp³-hybridized carbons (Fsp3) is 0.708. The Kier molecular flexibility index (Phi) is 4.90. The van der Waals surface area contributed by atoms with Crippen molar-refractivity contribution in [1.29, 1.82) is 0 Å². The first-order valence-electron chi connectivity index (χ1n) is 11.0. The number of fused-ring (bicyclic) bond motifs is 5. The monoisotopic (exact) mass is 416 g/mol. The van der Waals surface area contributed by atoms with E-state index in [9.17, 15) is 24.6 Å². The highest BCUT2D eigenvalue weighted by atomic mass is 16.5. The van der Waals surface area contributed by atoms with Gasteiger partial charge in [-0.05, 0) is 63.0 Å². The van der Waals surface area contributed by atoms with Crippen LogP contribution in [0.5, 0.6) is 0 Å². The average molecular weight is 417 g/mol. The summed E-state index contributed by atoms with van der Waals surface area (Å²) in [6.07, 6.45) is 5.65. The van der Waals surface area contributed by atoms with E-state index < -0.39 is 35.5 Å². The maximum Gasteiger partial charge on any atom is 0.303 e. The standard InChI is InChI=1S/C24H32O6/c1-13-9-16(26)10-15-5-6-17-18-7-8-24(29,20(28)12-30-14(2)25)22(18,3)11-19(27)21(17)23(13,15)4/h9-10,17-19,21,27,29H,5-8,11-12H2,1-4H3. The number of aliphatic hydroxyl groups excluding tert-OH is 1. The third-order valence-electron chi connectivity index (χ3n) is 9.05. The minimum atomic E-state index is -1.61. The Morgan fingerprint density at radius 3 is 2.60 bits per heavy atom. The molecule has 0 heterocycles. The number of hydrogen-bond donors (Lipinski definition) is 2. The molecule has 4 aliphatic carbocycles. The van der Waals surface area contributed by atoms with Gasteiger partial charge in [0, 0.05) is 23.7 Å². The van der Waals surface area contributed by atoms with Crippen molar-refractivity contribution in [3.63, 3.8) is 0 Å². The van der Waals surface area contributed by atoms with Crippen molar-refractivity contribution in [1.82, 2.24) is 0 Å². The first-order valence-corrected chi connectivity index (χ1v) is 11.0. The van der Waals surface area contributed by atoms with Crippen LogP contribution in [0, 0.1) is 28.6 Å². The Hall–Kier alpha value is -1.79. The van der Waals surface area contributed by atoms with Crippen molar-refractivity contribution < 1.29 is 29.3 Å². The van der Waals surface area contributed by atoms with Crippen LogP contribution in [0.25, 0.3) is 0 Å². The summed E-state index contributed by atoms with van der Waals surface area (Å²) < 4.78 is 4.89. The summed E-state index contributed by atoms with van der Waals surface area (Å²) in [6.45, 7) is 6.82. The second-order valence-electron chi connectivity index (χ2n) is 10.2. The molecule has 0 amide bonds. The number of rotatable bonds is 3. The van der Waals surface area contributed by atoms with Gasteiger partial charge in [-0.2, -0.15) is 0 Å². The molecule has 3 saturated carbocycles. The molecular formula is C24H32O6. The second-order valence-corrected chi connectivity index (χ2v) is 10.2. The summed E-state index contributed by atoms with van der Waals surface area (Å²) in [4.78, 5) is 36.2. The van der Waals surface area contributed by atoms with Crippen LogP contribution in [0.15, 0.2) is 23.3 Å². The Balaban J connectivity index is 1.69. The van der Waals surface area contributed by atoms with Crippen LogP contribution < -0.4 is 0 Å². The predicted octanol–water partition coefficient (Wildman–Crippen LogP) is 2.52. The van der Waals surface area contributed by atoms with E-state index in [-0.39, 0.29) is 29.0 Å². The van der Waals surface area contributed by atoms with Gasteiger partial charge in [-0.15, -0.1) is 0 Å². The Bertz CT molecular complexity index is 871. The number of hydrogen-bond acceptors (Lipinski definition) is 6. The van der Waals surface area contributed by atoms with E-state index >= 15 is 0 Å². The van der Waals surface area contributed by atoms with Crippen LogP contribution >= 0.6 is 0 Å². The molecular weight excluding hydrogens is 384 g/mol. The molecule has 0 aromatic carbocycles. The van der Waals surface area contributed by atoms with Crippen LogP contribution in [0.3, 0.4) is 0 Å². The van der Waals surface area contributed by atoms with E-state index in [0.717, 1.165) is 24.0 Å². The molecule has 0 aliphatic heterocycles. The van der Waals surface area contributed by atoms with Crippen LogP contribution in [0.2, 0.25) is 0 Å². The number of ether oxygens (including phenoxy) is 1. The molecule has 0 aromatic heterocycles. The third kappa shape index (κ3) is 2.72. The number of ketones is 2. The molecule has 6 heteroatoms. The van der Waals surface area contributed by atoms with Gasteiger partial charge in [-0.1, -0.05) is 25.0 Å². The van der Waals surface area contributed by atoms with E-state index in [2.05, 4.69) is 6.92 Å². The molecule has 0 radical (unpaired) electrons. The SMILES string of the molecule is CC(=O)OCC(=O)C1(O)CCC2C3CCC4=CC(=O)C=C(C)C4(C)C3C(O)CC21C. The normalized spacial score (nSPS) is 44.9. The summed E-state index contributed by atoms with van der Waals surface area (Å²) in [7, 11) is 0. The van der Waals surface area contributed by atoms with Gasteiger partial charge in [0.25, 0.3) is 0 Å². The molecule has 7 atom stereocenters. The van der Waals surface area contributed by atoms with Crippen molar-refractivity contribution in [3.05, 3.63) is 23.3 Å². The molecule has 2 N–H and O–H groups in total. The smallest absolute Gasteiger partial charge is 0.303 e. The van der Waals surface area contributed by atoms with Gasteiger partial charge in [0.2, 0.25) is 5.78 Å². The highest BCUT2D eigenvalue weighted by Gasteiger charge is 2.68. The van der Waals surface area contributed by atoms with Crippen LogP contribution in [0.4, 0.5) is 0 Å². The summed E-state index contributed by atoms with van der Waals surface area (Å²) in [5, 5.41) is 22.9. The van der Waals surface area contributed by atoms with Gasteiger partial charge in [0.15, 0.2) is 12.4 Å². The lowest BCUT2D eigenvalue weighted by molar-refractivity contribution is -0.181. The maximum absolute atomic E-state index is 12.9. The topological polar surface area (TPSA) is 101 Å². The van der Waals surface area contributed by atoms with Crippen LogP contribution in [-0.2, 0) is 19.1 Å². The number of allylic oxidation sites excluding steroid dienone is 4. The van der Waals surface area contributed by atoms with Gasteiger partial charge >= 0.3 is 5.97 Å². The van der Waals surface area contributed by atoms with Gasteiger partial charge in [0.1, 0.15) is 5.60 Å². The summed E-state index contributed by atoms with van der Waals surface area (Å²) in [6, 6.07) is 0. The minimum Gasteiger partial charge on any atom is -0.458 e. The largest absolute Gasteiger partial charge is 0.458 e. The Morgan fingerprint density at radius 1 is 1.23 bits per heavy atom. The average Bonchev–Trinajstić information content (AvgIpc) is 2.92. The van der Waals surface area contributed by atoms with Crippen molar-refractivity contribution >= 4 is 17.5 Å². The van der Waals surface area contributed by atoms with E-state index in [1.54, 1.807) is 12.2 Å². The van der Waals surface area contributed by atoms with E-state index in [1.807, 2.05) is 13.8 Å².